The number of methoxy groups -OCH3 is 1. The predicted molar refractivity (Wildman–Crippen MR) is 75.2 cm³/mol. The van der Waals surface area contributed by atoms with Gasteiger partial charge in [0.15, 0.2) is 5.75 Å². The molecular weight excluding hydrogens is 258 g/mol. The predicted octanol–water partition coefficient (Wildman–Crippen LogP) is 3.56. The average molecular weight is 275 g/mol. The number of fused-ring (bicyclic) bond motifs is 1. The van der Waals surface area contributed by atoms with E-state index in [1.807, 2.05) is 12.1 Å². The summed E-state index contributed by atoms with van der Waals surface area (Å²) < 4.78 is 15.6. The SMILES string of the molecule is COc1cc(OC(=O)OC(C)(C)C)c2ncccc2c1. The molecule has 20 heavy (non-hydrogen) atoms. The van der Waals surface area contributed by atoms with Crippen molar-refractivity contribution in [2.24, 2.45) is 0 Å². The Morgan fingerprint density at radius 2 is 2.00 bits per heavy atom. The summed E-state index contributed by atoms with van der Waals surface area (Å²) in [4.78, 5) is 16.0. The van der Waals surface area contributed by atoms with Crippen LogP contribution in [0.25, 0.3) is 10.9 Å². The molecule has 0 aliphatic rings. The molecule has 0 radical (unpaired) electrons. The molecule has 0 N–H and O–H groups in total. The number of ether oxygens (including phenoxy) is 3. The van der Waals surface area contributed by atoms with Gasteiger partial charge in [-0.15, -0.1) is 0 Å². The molecule has 5 heteroatoms. The zero-order valence-electron chi connectivity index (χ0n) is 12.0. The molecule has 0 atom stereocenters. The first-order valence-electron chi connectivity index (χ1n) is 6.22. The van der Waals surface area contributed by atoms with E-state index in [1.165, 1.54) is 0 Å². The number of pyridine rings is 1. The van der Waals surface area contributed by atoms with Crippen LogP contribution in [0.15, 0.2) is 30.5 Å². The first-order valence-corrected chi connectivity index (χ1v) is 6.22. The van der Waals surface area contributed by atoms with Crippen molar-refractivity contribution in [3.8, 4) is 11.5 Å². The molecule has 0 saturated heterocycles. The molecule has 2 rings (SSSR count). The average Bonchev–Trinajstić information content (AvgIpc) is 2.36. The van der Waals surface area contributed by atoms with Gasteiger partial charge in [0.2, 0.25) is 0 Å². The number of nitrogens with zero attached hydrogens (tertiary/aromatic N) is 1. The summed E-state index contributed by atoms with van der Waals surface area (Å²) >= 11 is 0. The number of benzene rings is 1. The molecule has 0 unspecified atom stereocenters. The molecule has 0 aliphatic heterocycles. The lowest BCUT2D eigenvalue weighted by Gasteiger charge is -2.19. The molecule has 106 valence electrons. The van der Waals surface area contributed by atoms with Gasteiger partial charge >= 0.3 is 6.16 Å². The molecule has 1 heterocycles. The highest BCUT2D eigenvalue weighted by atomic mass is 16.7. The van der Waals surface area contributed by atoms with E-state index >= 15 is 0 Å². The lowest BCUT2D eigenvalue weighted by molar-refractivity contribution is 0.0208. The maximum atomic E-state index is 11.8. The Hall–Kier alpha value is -2.30. The summed E-state index contributed by atoms with van der Waals surface area (Å²) in [6.45, 7) is 5.32. The topological polar surface area (TPSA) is 57.7 Å². The second-order valence-corrected chi connectivity index (χ2v) is 5.27. The smallest absolute Gasteiger partial charge is 0.497 e. The molecule has 1 aromatic heterocycles. The van der Waals surface area contributed by atoms with Gasteiger partial charge in [0.25, 0.3) is 0 Å². The van der Waals surface area contributed by atoms with E-state index in [-0.39, 0.29) is 0 Å². The lowest BCUT2D eigenvalue weighted by Crippen LogP contribution is -2.26. The fourth-order valence-corrected chi connectivity index (χ4v) is 1.69. The molecule has 0 bridgehead atoms. The van der Waals surface area contributed by atoms with Gasteiger partial charge in [-0.1, -0.05) is 6.07 Å². The van der Waals surface area contributed by atoms with Gasteiger partial charge in [0, 0.05) is 17.6 Å². The van der Waals surface area contributed by atoms with Crippen LogP contribution < -0.4 is 9.47 Å². The van der Waals surface area contributed by atoms with Crippen molar-refractivity contribution in [2.75, 3.05) is 7.11 Å². The van der Waals surface area contributed by atoms with Gasteiger partial charge in [-0.3, -0.25) is 4.98 Å². The third kappa shape index (κ3) is 3.38. The zero-order valence-corrected chi connectivity index (χ0v) is 12.0. The standard InChI is InChI=1S/C15H17NO4/c1-15(2,3)20-14(17)19-12-9-11(18-4)8-10-6-5-7-16-13(10)12/h5-9H,1-4H3. The van der Waals surface area contributed by atoms with Crippen LogP contribution in [0, 0.1) is 0 Å². The Kier molecular flexibility index (Phi) is 3.79. The Morgan fingerprint density at radius 3 is 2.65 bits per heavy atom. The molecule has 0 spiro atoms. The molecule has 5 nitrogen and oxygen atoms in total. The number of hydrogen-bond donors (Lipinski definition) is 0. The van der Waals surface area contributed by atoms with Crippen molar-refractivity contribution in [2.45, 2.75) is 26.4 Å². The largest absolute Gasteiger partial charge is 0.514 e. The quantitative estimate of drug-likeness (QED) is 0.619. The van der Waals surface area contributed by atoms with E-state index in [1.54, 1.807) is 46.2 Å². The van der Waals surface area contributed by atoms with E-state index in [4.69, 9.17) is 14.2 Å². The van der Waals surface area contributed by atoms with E-state index in [2.05, 4.69) is 4.98 Å². The monoisotopic (exact) mass is 275 g/mol. The van der Waals surface area contributed by atoms with Gasteiger partial charge in [-0.25, -0.2) is 4.79 Å². The zero-order chi connectivity index (χ0) is 14.8. The van der Waals surface area contributed by atoms with E-state index in [0.717, 1.165) is 5.39 Å². The van der Waals surface area contributed by atoms with Gasteiger partial charge in [0.1, 0.15) is 16.9 Å². The fourth-order valence-electron chi connectivity index (χ4n) is 1.69. The lowest BCUT2D eigenvalue weighted by atomic mass is 10.2. The maximum absolute atomic E-state index is 11.8. The Morgan fingerprint density at radius 1 is 1.25 bits per heavy atom. The minimum atomic E-state index is -0.766. The third-order valence-electron chi connectivity index (χ3n) is 2.46. The van der Waals surface area contributed by atoms with Crippen LogP contribution in [-0.2, 0) is 4.74 Å². The summed E-state index contributed by atoms with van der Waals surface area (Å²) in [5.74, 6) is 0.901. The Bertz CT molecular complexity index is 631. The third-order valence-corrected chi connectivity index (χ3v) is 2.46. The summed E-state index contributed by atoms with van der Waals surface area (Å²) in [5.41, 5.74) is -0.0294. The van der Waals surface area contributed by atoms with Crippen molar-refractivity contribution in [1.82, 2.24) is 4.98 Å². The van der Waals surface area contributed by atoms with Crippen molar-refractivity contribution in [1.29, 1.82) is 0 Å². The summed E-state index contributed by atoms with van der Waals surface area (Å²) in [6, 6.07) is 7.11. The Labute approximate surface area is 117 Å². The molecule has 2 aromatic rings. The molecule has 1 aromatic carbocycles. The summed E-state index contributed by atoms with van der Waals surface area (Å²) in [7, 11) is 1.55. The molecular formula is C15H17NO4. The number of carbonyl (C=O) groups is 1. The van der Waals surface area contributed by atoms with Crippen molar-refractivity contribution >= 4 is 17.1 Å². The van der Waals surface area contributed by atoms with E-state index in [9.17, 15) is 4.79 Å². The minimum absolute atomic E-state index is 0.314. The van der Waals surface area contributed by atoms with Crippen LogP contribution in [0.4, 0.5) is 4.79 Å². The molecule has 0 saturated carbocycles. The Balaban J connectivity index is 2.35. The first kappa shape index (κ1) is 14.1. The van der Waals surface area contributed by atoms with Crippen LogP contribution in [-0.4, -0.2) is 23.9 Å². The summed E-state index contributed by atoms with van der Waals surface area (Å²) in [5, 5.41) is 0.824. The van der Waals surface area contributed by atoms with Gasteiger partial charge in [-0.05, 0) is 32.9 Å². The second-order valence-electron chi connectivity index (χ2n) is 5.27. The van der Waals surface area contributed by atoms with Crippen LogP contribution in [0.1, 0.15) is 20.8 Å². The van der Waals surface area contributed by atoms with Gasteiger partial charge < -0.3 is 14.2 Å². The van der Waals surface area contributed by atoms with E-state index < -0.39 is 11.8 Å². The fraction of sp³-hybridized carbons (Fsp3) is 0.333. The number of aromatic nitrogens is 1. The number of carbonyl (C=O) groups excluding carboxylic acids is 1. The minimum Gasteiger partial charge on any atom is -0.497 e. The number of hydrogen-bond acceptors (Lipinski definition) is 5. The normalized spacial score (nSPS) is 11.2. The van der Waals surface area contributed by atoms with Crippen LogP contribution in [0.2, 0.25) is 0 Å². The van der Waals surface area contributed by atoms with Crippen LogP contribution in [0.5, 0.6) is 11.5 Å². The van der Waals surface area contributed by atoms with Crippen LogP contribution in [0.3, 0.4) is 0 Å². The highest BCUT2D eigenvalue weighted by Crippen LogP contribution is 2.30. The summed E-state index contributed by atoms with van der Waals surface area (Å²) in [6.07, 6.45) is 0.870. The highest BCUT2D eigenvalue weighted by molar-refractivity contribution is 5.87. The first-order chi connectivity index (χ1) is 9.39. The molecule has 0 aliphatic carbocycles. The van der Waals surface area contributed by atoms with Crippen LogP contribution >= 0.6 is 0 Å². The molecule has 0 fully saturated rings. The molecule has 0 amide bonds. The van der Waals surface area contributed by atoms with E-state index in [0.29, 0.717) is 17.0 Å². The van der Waals surface area contributed by atoms with Crippen molar-refractivity contribution in [3.05, 3.63) is 30.5 Å². The van der Waals surface area contributed by atoms with Gasteiger partial charge in [-0.2, -0.15) is 0 Å². The van der Waals surface area contributed by atoms with Gasteiger partial charge in [0.05, 0.1) is 7.11 Å². The number of rotatable bonds is 2. The van der Waals surface area contributed by atoms with Crippen molar-refractivity contribution in [3.63, 3.8) is 0 Å². The van der Waals surface area contributed by atoms with Crippen molar-refractivity contribution < 1.29 is 19.0 Å². The maximum Gasteiger partial charge on any atom is 0.514 e. The highest BCUT2D eigenvalue weighted by Gasteiger charge is 2.19. The second kappa shape index (κ2) is 5.36.